The number of carboxylic acid groups (broad SMARTS) is 1. The maximum atomic E-state index is 12.3. The Labute approximate surface area is 125 Å². The third-order valence-corrected chi connectivity index (χ3v) is 4.69. The van der Waals surface area contributed by atoms with Gasteiger partial charge in [0, 0.05) is 25.7 Å². The molecule has 0 bridgehead atoms. The average molecular weight is 298 g/mol. The van der Waals surface area contributed by atoms with E-state index in [4.69, 9.17) is 10.2 Å². The number of aliphatic hydroxyl groups is 1. The van der Waals surface area contributed by atoms with Gasteiger partial charge in [0.1, 0.15) is 0 Å². The highest BCUT2D eigenvalue weighted by Crippen LogP contribution is 2.25. The second kappa shape index (κ2) is 7.64. The molecule has 0 spiro atoms. The van der Waals surface area contributed by atoms with Gasteiger partial charge < -0.3 is 20.4 Å². The predicted octanol–water partition coefficient (Wildman–Crippen LogP) is 1.43. The van der Waals surface area contributed by atoms with Crippen LogP contribution in [-0.2, 0) is 4.79 Å². The van der Waals surface area contributed by atoms with E-state index in [9.17, 15) is 9.59 Å². The van der Waals surface area contributed by atoms with Crippen LogP contribution in [0.1, 0.15) is 44.9 Å². The van der Waals surface area contributed by atoms with Crippen molar-refractivity contribution in [3.63, 3.8) is 0 Å². The third-order valence-electron chi connectivity index (χ3n) is 4.69. The largest absolute Gasteiger partial charge is 0.481 e. The summed E-state index contributed by atoms with van der Waals surface area (Å²) in [5.41, 5.74) is 0. The number of carboxylic acids is 1. The number of nitrogens with zero attached hydrogens (tertiary/aromatic N) is 1. The summed E-state index contributed by atoms with van der Waals surface area (Å²) in [7, 11) is 0. The summed E-state index contributed by atoms with van der Waals surface area (Å²) in [5.74, 6) is -0.699. The molecule has 3 N–H and O–H groups in total. The fourth-order valence-corrected chi connectivity index (χ4v) is 3.48. The molecule has 0 aromatic heterocycles. The summed E-state index contributed by atoms with van der Waals surface area (Å²) in [6, 6.07) is -0.0979. The second-order valence-electron chi connectivity index (χ2n) is 6.31. The molecule has 1 saturated carbocycles. The molecule has 1 aliphatic heterocycles. The van der Waals surface area contributed by atoms with Crippen LogP contribution in [-0.4, -0.2) is 52.9 Å². The van der Waals surface area contributed by atoms with Crippen molar-refractivity contribution in [1.29, 1.82) is 0 Å². The molecule has 3 atom stereocenters. The number of hydrogen-bond donors (Lipinski definition) is 3. The lowest BCUT2D eigenvalue weighted by Crippen LogP contribution is -2.50. The Morgan fingerprint density at radius 3 is 2.71 bits per heavy atom. The molecule has 6 heteroatoms. The van der Waals surface area contributed by atoms with Gasteiger partial charge in [0.05, 0.1) is 5.92 Å². The molecule has 3 unspecified atom stereocenters. The van der Waals surface area contributed by atoms with E-state index >= 15 is 0 Å². The zero-order chi connectivity index (χ0) is 15.2. The number of carbonyl (C=O) groups is 2. The minimum absolute atomic E-state index is 0.0226. The Balaban J connectivity index is 1.81. The highest BCUT2D eigenvalue weighted by atomic mass is 16.4. The van der Waals surface area contributed by atoms with E-state index < -0.39 is 5.97 Å². The summed E-state index contributed by atoms with van der Waals surface area (Å²) in [4.78, 5) is 25.2. The van der Waals surface area contributed by atoms with E-state index in [-0.39, 0.29) is 24.6 Å². The summed E-state index contributed by atoms with van der Waals surface area (Å²) in [6.45, 7) is 1.62. The number of aliphatic carboxylic acids is 1. The molecule has 1 saturated heterocycles. The van der Waals surface area contributed by atoms with Crippen LogP contribution in [0, 0.1) is 11.8 Å². The van der Waals surface area contributed by atoms with Gasteiger partial charge in [0.15, 0.2) is 0 Å². The molecule has 2 aliphatic rings. The zero-order valence-corrected chi connectivity index (χ0v) is 12.5. The molecule has 2 fully saturated rings. The number of nitrogens with one attached hydrogen (secondary N) is 1. The normalized spacial score (nSPS) is 30.0. The van der Waals surface area contributed by atoms with Gasteiger partial charge in [0.2, 0.25) is 0 Å². The van der Waals surface area contributed by atoms with Crippen molar-refractivity contribution in [2.24, 2.45) is 11.8 Å². The maximum absolute atomic E-state index is 12.3. The first kappa shape index (κ1) is 16.1. The number of aliphatic hydroxyl groups excluding tert-OH is 1. The molecule has 6 nitrogen and oxygen atoms in total. The Kier molecular flexibility index (Phi) is 5.85. The van der Waals surface area contributed by atoms with Gasteiger partial charge in [-0.25, -0.2) is 4.79 Å². The van der Waals surface area contributed by atoms with E-state index in [0.717, 1.165) is 38.6 Å². The second-order valence-corrected chi connectivity index (χ2v) is 6.31. The van der Waals surface area contributed by atoms with Gasteiger partial charge in [-0.2, -0.15) is 0 Å². The molecule has 0 radical (unpaired) electrons. The minimum atomic E-state index is -0.755. The van der Waals surface area contributed by atoms with Crippen LogP contribution in [0.3, 0.4) is 0 Å². The number of hydrogen-bond acceptors (Lipinski definition) is 3. The Morgan fingerprint density at radius 1 is 1.19 bits per heavy atom. The maximum Gasteiger partial charge on any atom is 0.317 e. The van der Waals surface area contributed by atoms with Gasteiger partial charge in [-0.15, -0.1) is 0 Å². The molecule has 0 aromatic rings. The lowest BCUT2D eigenvalue weighted by Gasteiger charge is -2.35. The van der Waals surface area contributed by atoms with Crippen molar-refractivity contribution in [1.82, 2.24) is 10.2 Å². The Hall–Kier alpha value is -1.30. The molecule has 0 aromatic carbocycles. The van der Waals surface area contributed by atoms with Crippen LogP contribution >= 0.6 is 0 Å². The van der Waals surface area contributed by atoms with Crippen LogP contribution in [0.5, 0.6) is 0 Å². The van der Waals surface area contributed by atoms with Gasteiger partial charge in [-0.1, -0.05) is 6.42 Å². The Bertz CT molecular complexity index is 373. The van der Waals surface area contributed by atoms with Gasteiger partial charge in [-0.3, -0.25) is 4.79 Å². The number of likely N-dealkylation sites (tertiary alicyclic amines) is 1. The standard InChI is InChI=1S/C15H26N2O4/c18-8-6-11-3-2-7-17(10-11)15(21)16-13-5-1-4-12(9-13)14(19)20/h11-13,18H,1-10H2,(H,16,21)(H,19,20). The molecule has 1 heterocycles. The van der Waals surface area contributed by atoms with E-state index in [0.29, 0.717) is 25.3 Å². The van der Waals surface area contributed by atoms with Gasteiger partial charge in [-0.05, 0) is 44.4 Å². The molecular formula is C15H26N2O4. The van der Waals surface area contributed by atoms with Crippen molar-refractivity contribution >= 4 is 12.0 Å². The first-order chi connectivity index (χ1) is 10.1. The van der Waals surface area contributed by atoms with Crippen molar-refractivity contribution in [3.05, 3.63) is 0 Å². The molecule has 2 rings (SSSR count). The SMILES string of the molecule is O=C(O)C1CCCC(NC(=O)N2CCCC(CCO)C2)C1. The lowest BCUT2D eigenvalue weighted by atomic mass is 9.86. The molecule has 2 amide bonds. The minimum Gasteiger partial charge on any atom is -0.481 e. The van der Waals surface area contributed by atoms with Crippen molar-refractivity contribution in [2.45, 2.75) is 51.0 Å². The van der Waals surface area contributed by atoms with Gasteiger partial charge >= 0.3 is 12.0 Å². The Morgan fingerprint density at radius 2 is 2.00 bits per heavy atom. The van der Waals surface area contributed by atoms with E-state index in [1.54, 1.807) is 0 Å². The third kappa shape index (κ3) is 4.59. The molecule has 1 aliphatic carbocycles. The average Bonchev–Trinajstić information content (AvgIpc) is 2.48. The summed E-state index contributed by atoms with van der Waals surface area (Å²) in [6.07, 6.45) is 5.75. The summed E-state index contributed by atoms with van der Waals surface area (Å²) in [5, 5.41) is 21.1. The van der Waals surface area contributed by atoms with E-state index in [1.165, 1.54) is 0 Å². The number of amides is 2. The molecule has 120 valence electrons. The summed E-state index contributed by atoms with van der Waals surface area (Å²) < 4.78 is 0. The lowest BCUT2D eigenvalue weighted by molar-refractivity contribution is -0.143. The topological polar surface area (TPSA) is 89.9 Å². The van der Waals surface area contributed by atoms with Crippen molar-refractivity contribution < 1.29 is 19.8 Å². The molecular weight excluding hydrogens is 272 g/mol. The first-order valence-electron chi connectivity index (χ1n) is 7.99. The highest BCUT2D eigenvalue weighted by molar-refractivity contribution is 5.75. The van der Waals surface area contributed by atoms with Gasteiger partial charge in [0.25, 0.3) is 0 Å². The first-order valence-corrected chi connectivity index (χ1v) is 7.99. The monoisotopic (exact) mass is 298 g/mol. The summed E-state index contributed by atoms with van der Waals surface area (Å²) >= 11 is 0. The number of carbonyl (C=O) groups excluding carboxylic acids is 1. The number of rotatable bonds is 4. The smallest absolute Gasteiger partial charge is 0.317 e. The van der Waals surface area contributed by atoms with E-state index in [1.807, 2.05) is 4.90 Å². The molecule has 21 heavy (non-hydrogen) atoms. The van der Waals surface area contributed by atoms with E-state index in [2.05, 4.69) is 5.32 Å². The van der Waals surface area contributed by atoms with Crippen LogP contribution in [0.25, 0.3) is 0 Å². The van der Waals surface area contributed by atoms with Crippen molar-refractivity contribution in [3.8, 4) is 0 Å². The fraction of sp³-hybridized carbons (Fsp3) is 0.867. The zero-order valence-electron chi connectivity index (χ0n) is 12.5. The van der Waals surface area contributed by atoms with Crippen LogP contribution in [0.2, 0.25) is 0 Å². The van der Waals surface area contributed by atoms with Crippen LogP contribution in [0.4, 0.5) is 4.79 Å². The van der Waals surface area contributed by atoms with Crippen LogP contribution in [0.15, 0.2) is 0 Å². The fourth-order valence-electron chi connectivity index (χ4n) is 3.48. The quantitative estimate of drug-likeness (QED) is 0.732. The predicted molar refractivity (Wildman–Crippen MR) is 77.9 cm³/mol. The number of piperidine rings is 1. The van der Waals surface area contributed by atoms with Crippen molar-refractivity contribution in [2.75, 3.05) is 19.7 Å². The number of urea groups is 1. The highest BCUT2D eigenvalue weighted by Gasteiger charge is 2.30. The van der Waals surface area contributed by atoms with Crippen LogP contribution < -0.4 is 5.32 Å².